The second-order valence-corrected chi connectivity index (χ2v) is 5.43. The van der Waals surface area contributed by atoms with E-state index >= 15 is 0 Å². The topological polar surface area (TPSA) is 18.5 Å². The zero-order valence-corrected chi connectivity index (χ0v) is 13.6. The molecular formula is C16H16BrClO2. The van der Waals surface area contributed by atoms with Crippen LogP contribution >= 0.6 is 27.5 Å². The van der Waals surface area contributed by atoms with Gasteiger partial charge >= 0.3 is 0 Å². The minimum atomic E-state index is 0.442. The summed E-state index contributed by atoms with van der Waals surface area (Å²) in [5, 5.41) is 0. The number of alkyl halides is 1. The standard InChI is InChI=1S/C16H16BrClO2/c1-19-14-7-5-12(6-8-14)9-10-20-16-13(11-18)3-2-4-15(16)17/h2-8H,9-11H2,1H3. The number of benzene rings is 2. The fourth-order valence-corrected chi connectivity index (χ4v) is 2.62. The van der Waals surface area contributed by atoms with Gasteiger partial charge in [-0.3, -0.25) is 0 Å². The van der Waals surface area contributed by atoms with Crippen molar-refractivity contribution in [2.24, 2.45) is 0 Å². The maximum atomic E-state index is 5.92. The van der Waals surface area contributed by atoms with Crippen LogP contribution in [0.25, 0.3) is 0 Å². The molecule has 4 heteroatoms. The second kappa shape index (κ2) is 7.55. The number of rotatable bonds is 6. The Bertz CT molecular complexity index is 555. The van der Waals surface area contributed by atoms with Crippen molar-refractivity contribution in [2.75, 3.05) is 13.7 Å². The lowest BCUT2D eigenvalue weighted by atomic mass is 10.1. The Morgan fingerprint density at radius 3 is 2.50 bits per heavy atom. The molecule has 0 fully saturated rings. The van der Waals surface area contributed by atoms with Crippen molar-refractivity contribution in [3.05, 3.63) is 58.1 Å². The van der Waals surface area contributed by atoms with Gasteiger partial charge in [0, 0.05) is 12.0 Å². The van der Waals surface area contributed by atoms with Crippen LogP contribution in [-0.2, 0) is 12.3 Å². The van der Waals surface area contributed by atoms with Gasteiger partial charge in [0.15, 0.2) is 0 Å². The van der Waals surface area contributed by atoms with Crippen LogP contribution in [0.1, 0.15) is 11.1 Å². The molecule has 0 aliphatic rings. The first kappa shape index (κ1) is 15.2. The summed E-state index contributed by atoms with van der Waals surface area (Å²) in [5.41, 5.74) is 2.21. The molecule has 0 radical (unpaired) electrons. The van der Waals surface area contributed by atoms with Gasteiger partial charge in [-0.05, 0) is 39.7 Å². The Balaban J connectivity index is 1.95. The van der Waals surface area contributed by atoms with Crippen molar-refractivity contribution in [1.82, 2.24) is 0 Å². The summed E-state index contributed by atoms with van der Waals surface area (Å²) in [5.74, 6) is 2.14. The summed E-state index contributed by atoms with van der Waals surface area (Å²) in [7, 11) is 1.67. The molecule has 2 aromatic carbocycles. The Hall–Kier alpha value is -1.19. The Morgan fingerprint density at radius 1 is 1.10 bits per heavy atom. The molecule has 106 valence electrons. The van der Waals surface area contributed by atoms with E-state index in [4.69, 9.17) is 21.1 Å². The van der Waals surface area contributed by atoms with Crippen molar-refractivity contribution < 1.29 is 9.47 Å². The molecule has 0 amide bonds. The molecule has 0 bridgehead atoms. The van der Waals surface area contributed by atoms with E-state index < -0.39 is 0 Å². The largest absolute Gasteiger partial charge is 0.497 e. The summed E-state index contributed by atoms with van der Waals surface area (Å²) in [6.07, 6.45) is 0.840. The average Bonchev–Trinajstić information content (AvgIpc) is 2.49. The van der Waals surface area contributed by atoms with E-state index in [2.05, 4.69) is 15.9 Å². The van der Waals surface area contributed by atoms with E-state index in [0.29, 0.717) is 12.5 Å². The highest BCUT2D eigenvalue weighted by Crippen LogP contribution is 2.30. The quantitative estimate of drug-likeness (QED) is 0.692. The van der Waals surface area contributed by atoms with Crippen LogP contribution in [0.5, 0.6) is 11.5 Å². The highest BCUT2D eigenvalue weighted by atomic mass is 79.9. The highest BCUT2D eigenvalue weighted by Gasteiger charge is 2.07. The number of halogens is 2. The van der Waals surface area contributed by atoms with Crippen LogP contribution in [0, 0.1) is 0 Å². The molecule has 0 unspecified atom stereocenters. The SMILES string of the molecule is COc1ccc(CCOc2c(Br)cccc2CCl)cc1. The van der Waals surface area contributed by atoms with E-state index in [0.717, 1.165) is 28.0 Å². The zero-order valence-electron chi connectivity index (χ0n) is 11.2. The van der Waals surface area contributed by atoms with E-state index in [1.165, 1.54) is 5.56 Å². The number of methoxy groups -OCH3 is 1. The molecule has 0 aliphatic heterocycles. The van der Waals surface area contributed by atoms with Crippen molar-refractivity contribution in [3.8, 4) is 11.5 Å². The molecule has 2 aromatic rings. The smallest absolute Gasteiger partial charge is 0.137 e. The lowest BCUT2D eigenvalue weighted by Crippen LogP contribution is -2.03. The number of hydrogen-bond acceptors (Lipinski definition) is 2. The van der Waals surface area contributed by atoms with Gasteiger partial charge in [-0.1, -0.05) is 24.3 Å². The van der Waals surface area contributed by atoms with Gasteiger partial charge in [-0.15, -0.1) is 11.6 Å². The zero-order chi connectivity index (χ0) is 14.4. The Labute approximate surface area is 132 Å². The molecular weight excluding hydrogens is 340 g/mol. The van der Waals surface area contributed by atoms with E-state index in [9.17, 15) is 0 Å². The molecule has 0 saturated heterocycles. The van der Waals surface area contributed by atoms with Gasteiger partial charge in [0.1, 0.15) is 11.5 Å². The molecule has 0 aromatic heterocycles. The predicted octanol–water partition coefficient (Wildman–Crippen LogP) is 4.82. The van der Waals surface area contributed by atoms with Crippen molar-refractivity contribution in [2.45, 2.75) is 12.3 Å². The van der Waals surface area contributed by atoms with E-state index in [1.54, 1.807) is 7.11 Å². The molecule has 2 rings (SSSR count). The van der Waals surface area contributed by atoms with Crippen LogP contribution in [0.4, 0.5) is 0 Å². The van der Waals surface area contributed by atoms with Crippen molar-refractivity contribution in [3.63, 3.8) is 0 Å². The third-order valence-corrected chi connectivity index (χ3v) is 3.90. The molecule has 0 saturated carbocycles. The van der Waals surface area contributed by atoms with Crippen LogP contribution < -0.4 is 9.47 Å². The first-order valence-electron chi connectivity index (χ1n) is 6.33. The molecule has 0 atom stereocenters. The van der Waals surface area contributed by atoms with Gasteiger partial charge in [0.05, 0.1) is 24.1 Å². The average molecular weight is 356 g/mol. The summed E-state index contributed by atoms with van der Waals surface area (Å²) in [4.78, 5) is 0. The van der Waals surface area contributed by atoms with Gasteiger partial charge in [-0.2, -0.15) is 0 Å². The maximum Gasteiger partial charge on any atom is 0.137 e. The summed E-state index contributed by atoms with van der Waals surface area (Å²) in [6, 6.07) is 13.9. The first-order valence-corrected chi connectivity index (χ1v) is 7.66. The Kier molecular flexibility index (Phi) is 5.74. The summed E-state index contributed by atoms with van der Waals surface area (Å²) < 4.78 is 11.9. The molecule has 2 nitrogen and oxygen atoms in total. The third-order valence-electron chi connectivity index (χ3n) is 2.99. The molecule has 0 aliphatic carbocycles. The highest BCUT2D eigenvalue weighted by molar-refractivity contribution is 9.10. The number of hydrogen-bond donors (Lipinski definition) is 0. The minimum Gasteiger partial charge on any atom is -0.497 e. The molecule has 0 spiro atoms. The number of para-hydroxylation sites is 1. The van der Waals surface area contributed by atoms with Crippen LogP contribution in [0.15, 0.2) is 46.9 Å². The van der Waals surface area contributed by atoms with Crippen LogP contribution in [0.2, 0.25) is 0 Å². The second-order valence-electron chi connectivity index (χ2n) is 4.31. The molecule has 20 heavy (non-hydrogen) atoms. The first-order chi connectivity index (χ1) is 9.74. The summed E-state index contributed by atoms with van der Waals surface area (Å²) >= 11 is 9.41. The van der Waals surface area contributed by atoms with Crippen LogP contribution in [0.3, 0.4) is 0 Å². The predicted molar refractivity (Wildman–Crippen MR) is 85.9 cm³/mol. The van der Waals surface area contributed by atoms with Crippen molar-refractivity contribution >= 4 is 27.5 Å². The van der Waals surface area contributed by atoms with E-state index in [1.807, 2.05) is 42.5 Å². The van der Waals surface area contributed by atoms with Gasteiger partial charge in [0.2, 0.25) is 0 Å². The molecule has 0 heterocycles. The minimum absolute atomic E-state index is 0.442. The van der Waals surface area contributed by atoms with Crippen molar-refractivity contribution in [1.29, 1.82) is 0 Å². The van der Waals surface area contributed by atoms with E-state index in [-0.39, 0.29) is 0 Å². The third kappa shape index (κ3) is 3.90. The lowest BCUT2D eigenvalue weighted by Gasteiger charge is -2.12. The maximum absolute atomic E-state index is 5.92. The fourth-order valence-electron chi connectivity index (χ4n) is 1.88. The number of ether oxygens (including phenoxy) is 2. The van der Waals surface area contributed by atoms with Gasteiger partial charge < -0.3 is 9.47 Å². The fraction of sp³-hybridized carbons (Fsp3) is 0.250. The normalized spacial score (nSPS) is 10.3. The van der Waals surface area contributed by atoms with Gasteiger partial charge in [-0.25, -0.2) is 0 Å². The Morgan fingerprint density at radius 2 is 1.85 bits per heavy atom. The van der Waals surface area contributed by atoms with Gasteiger partial charge in [0.25, 0.3) is 0 Å². The van der Waals surface area contributed by atoms with Crippen LogP contribution in [-0.4, -0.2) is 13.7 Å². The molecule has 0 N–H and O–H groups in total. The lowest BCUT2D eigenvalue weighted by molar-refractivity contribution is 0.317. The summed E-state index contributed by atoms with van der Waals surface area (Å²) in [6.45, 7) is 0.610. The monoisotopic (exact) mass is 354 g/mol.